The van der Waals surface area contributed by atoms with Crippen LogP contribution >= 0.6 is 0 Å². The maximum Gasteiger partial charge on any atom is 0.0296 e. The van der Waals surface area contributed by atoms with Gasteiger partial charge in [-0.05, 0) is 17.8 Å². The standard InChI is InChI=1S/C8H19N3/c1-4(2)6-7(9)5(3)8(6)11-10/h4-8,11H,9-10H2,1-3H3. The van der Waals surface area contributed by atoms with Crippen LogP contribution in [0.1, 0.15) is 20.8 Å². The molecule has 4 atom stereocenters. The van der Waals surface area contributed by atoms with E-state index in [2.05, 4.69) is 26.2 Å². The lowest BCUT2D eigenvalue weighted by molar-refractivity contribution is 0.0497. The van der Waals surface area contributed by atoms with Crippen molar-refractivity contribution in [3.63, 3.8) is 0 Å². The SMILES string of the molecule is CC(C)C1C(N)C(C)C1NN. The Hall–Kier alpha value is -0.120. The molecular formula is C8H19N3. The molecule has 0 heterocycles. The highest BCUT2D eigenvalue weighted by Crippen LogP contribution is 2.37. The Morgan fingerprint density at radius 3 is 2.18 bits per heavy atom. The molecule has 1 saturated carbocycles. The first-order valence-corrected chi connectivity index (χ1v) is 4.31. The van der Waals surface area contributed by atoms with Crippen LogP contribution in [0.15, 0.2) is 0 Å². The molecule has 0 aromatic heterocycles. The lowest BCUT2D eigenvalue weighted by Gasteiger charge is -2.50. The van der Waals surface area contributed by atoms with Crippen molar-refractivity contribution in [1.82, 2.24) is 5.43 Å². The molecule has 0 amide bonds. The molecule has 5 N–H and O–H groups in total. The van der Waals surface area contributed by atoms with Gasteiger partial charge >= 0.3 is 0 Å². The minimum absolute atomic E-state index is 0.330. The molecule has 0 bridgehead atoms. The molecule has 1 aliphatic rings. The molecule has 1 fully saturated rings. The number of rotatable bonds is 2. The number of hydrazine groups is 1. The average molecular weight is 157 g/mol. The lowest BCUT2D eigenvalue weighted by atomic mass is 9.62. The molecule has 0 aromatic rings. The largest absolute Gasteiger partial charge is 0.327 e. The molecule has 1 rings (SSSR count). The van der Waals surface area contributed by atoms with Gasteiger partial charge in [-0.25, -0.2) is 0 Å². The molecule has 3 heteroatoms. The van der Waals surface area contributed by atoms with Gasteiger partial charge in [0.1, 0.15) is 0 Å². The van der Waals surface area contributed by atoms with Crippen molar-refractivity contribution in [2.45, 2.75) is 32.9 Å². The third-order valence-electron chi connectivity index (χ3n) is 2.99. The Morgan fingerprint density at radius 2 is 1.91 bits per heavy atom. The van der Waals surface area contributed by atoms with E-state index in [-0.39, 0.29) is 0 Å². The summed E-state index contributed by atoms with van der Waals surface area (Å²) in [6.45, 7) is 6.54. The zero-order valence-electron chi connectivity index (χ0n) is 7.54. The van der Waals surface area contributed by atoms with E-state index in [1.807, 2.05) is 0 Å². The minimum atomic E-state index is 0.330. The van der Waals surface area contributed by atoms with Gasteiger partial charge in [-0.1, -0.05) is 20.8 Å². The number of nitrogens with two attached hydrogens (primary N) is 2. The maximum absolute atomic E-state index is 5.94. The van der Waals surface area contributed by atoms with Crippen molar-refractivity contribution in [1.29, 1.82) is 0 Å². The fourth-order valence-electron chi connectivity index (χ4n) is 2.16. The van der Waals surface area contributed by atoms with Crippen LogP contribution in [0.4, 0.5) is 0 Å². The highest BCUT2D eigenvalue weighted by molar-refractivity contribution is 5.02. The van der Waals surface area contributed by atoms with Gasteiger partial charge in [0.2, 0.25) is 0 Å². The van der Waals surface area contributed by atoms with Crippen molar-refractivity contribution in [3.05, 3.63) is 0 Å². The van der Waals surface area contributed by atoms with Crippen molar-refractivity contribution in [3.8, 4) is 0 Å². The van der Waals surface area contributed by atoms with Crippen LogP contribution in [-0.4, -0.2) is 12.1 Å². The van der Waals surface area contributed by atoms with Crippen molar-refractivity contribution in [2.24, 2.45) is 29.3 Å². The molecule has 0 radical (unpaired) electrons. The van der Waals surface area contributed by atoms with Crippen LogP contribution < -0.4 is 17.0 Å². The van der Waals surface area contributed by atoms with Gasteiger partial charge in [0.25, 0.3) is 0 Å². The van der Waals surface area contributed by atoms with Crippen LogP contribution in [0.25, 0.3) is 0 Å². The summed E-state index contributed by atoms with van der Waals surface area (Å²) in [6.07, 6.45) is 0. The van der Waals surface area contributed by atoms with Gasteiger partial charge in [-0.15, -0.1) is 0 Å². The normalized spacial score (nSPS) is 44.2. The summed E-state index contributed by atoms with van der Waals surface area (Å²) < 4.78 is 0. The summed E-state index contributed by atoms with van der Waals surface area (Å²) in [6, 6.07) is 0.751. The van der Waals surface area contributed by atoms with Crippen molar-refractivity contribution < 1.29 is 0 Å². The molecule has 0 aliphatic heterocycles. The first kappa shape index (κ1) is 8.97. The quantitative estimate of drug-likeness (QED) is 0.392. The van der Waals surface area contributed by atoms with E-state index in [1.54, 1.807) is 0 Å². The van der Waals surface area contributed by atoms with Crippen LogP contribution in [0.2, 0.25) is 0 Å². The van der Waals surface area contributed by atoms with E-state index < -0.39 is 0 Å². The summed E-state index contributed by atoms with van der Waals surface area (Å²) in [5.74, 6) is 7.11. The Bertz CT molecular complexity index is 135. The summed E-state index contributed by atoms with van der Waals surface area (Å²) in [5.41, 5.74) is 8.77. The molecule has 1 aliphatic carbocycles. The van der Waals surface area contributed by atoms with E-state index in [9.17, 15) is 0 Å². The summed E-state index contributed by atoms with van der Waals surface area (Å²) in [4.78, 5) is 0. The number of hydrogen-bond donors (Lipinski definition) is 3. The predicted octanol–water partition coefficient (Wildman–Crippen LogP) is 0.0675. The molecule has 66 valence electrons. The topological polar surface area (TPSA) is 64.1 Å². The van der Waals surface area contributed by atoms with Gasteiger partial charge < -0.3 is 5.73 Å². The average Bonchev–Trinajstić information content (AvgIpc) is 1.96. The van der Waals surface area contributed by atoms with Crippen molar-refractivity contribution in [2.75, 3.05) is 0 Å². The Labute approximate surface area is 68.5 Å². The minimum Gasteiger partial charge on any atom is -0.327 e. The van der Waals surface area contributed by atoms with Crippen molar-refractivity contribution >= 4 is 0 Å². The van der Waals surface area contributed by atoms with Gasteiger partial charge in [-0.3, -0.25) is 11.3 Å². The molecule has 3 nitrogen and oxygen atoms in total. The monoisotopic (exact) mass is 157 g/mol. The second-order valence-corrected chi connectivity index (χ2v) is 3.95. The first-order valence-electron chi connectivity index (χ1n) is 4.31. The van der Waals surface area contributed by atoms with E-state index in [0.717, 1.165) is 0 Å². The zero-order chi connectivity index (χ0) is 8.59. The smallest absolute Gasteiger partial charge is 0.0296 e. The summed E-state index contributed by atoms with van der Waals surface area (Å²) in [7, 11) is 0. The fourth-order valence-corrected chi connectivity index (χ4v) is 2.16. The highest BCUT2D eigenvalue weighted by Gasteiger charge is 2.46. The van der Waals surface area contributed by atoms with Crippen LogP contribution in [0, 0.1) is 17.8 Å². The molecule has 0 saturated heterocycles. The zero-order valence-corrected chi connectivity index (χ0v) is 7.54. The van der Waals surface area contributed by atoms with E-state index in [0.29, 0.717) is 29.8 Å². The second-order valence-electron chi connectivity index (χ2n) is 3.95. The third kappa shape index (κ3) is 1.28. The van der Waals surface area contributed by atoms with Gasteiger partial charge in [0, 0.05) is 12.1 Å². The number of hydrogen-bond acceptors (Lipinski definition) is 3. The van der Waals surface area contributed by atoms with E-state index in [4.69, 9.17) is 11.6 Å². The third-order valence-corrected chi connectivity index (χ3v) is 2.99. The first-order chi connectivity index (χ1) is 5.09. The molecular weight excluding hydrogens is 138 g/mol. The van der Waals surface area contributed by atoms with Crippen LogP contribution in [-0.2, 0) is 0 Å². The van der Waals surface area contributed by atoms with E-state index >= 15 is 0 Å². The van der Waals surface area contributed by atoms with Gasteiger partial charge in [0.05, 0.1) is 0 Å². The summed E-state index contributed by atoms with van der Waals surface area (Å²) in [5, 5.41) is 0. The molecule has 0 spiro atoms. The Balaban J connectivity index is 2.53. The Kier molecular flexibility index (Phi) is 2.52. The fraction of sp³-hybridized carbons (Fsp3) is 1.00. The van der Waals surface area contributed by atoms with Crippen LogP contribution in [0.3, 0.4) is 0 Å². The highest BCUT2D eigenvalue weighted by atomic mass is 15.3. The predicted molar refractivity (Wildman–Crippen MR) is 46.6 cm³/mol. The molecule has 11 heavy (non-hydrogen) atoms. The van der Waals surface area contributed by atoms with Gasteiger partial charge in [0.15, 0.2) is 0 Å². The maximum atomic E-state index is 5.94. The summed E-state index contributed by atoms with van der Waals surface area (Å²) >= 11 is 0. The van der Waals surface area contributed by atoms with Crippen LogP contribution in [0.5, 0.6) is 0 Å². The second kappa shape index (κ2) is 3.09. The van der Waals surface area contributed by atoms with E-state index in [1.165, 1.54) is 0 Å². The molecule has 4 unspecified atom stereocenters. The molecule has 0 aromatic carbocycles. The number of nitrogens with one attached hydrogen (secondary N) is 1. The van der Waals surface area contributed by atoms with Gasteiger partial charge in [-0.2, -0.15) is 0 Å². The lowest BCUT2D eigenvalue weighted by Crippen LogP contribution is -2.67. The Morgan fingerprint density at radius 1 is 1.36 bits per heavy atom.